The Morgan fingerprint density at radius 1 is 1.26 bits per heavy atom. The van der Waals surface area contributed by atoms with Gasteiger partial charge in [-0.2, -0.15) is 4.99 Å². The van der Waals surface area contributed by atoms with Gasteiger partial charge in [-0.05, 0) is 31.2 Å². The number of nitrogens with zero attached hydrogens (tertiary/aromatic N) is 2. The van der Waals surface area contributed by atoms with Gasteiger partial charge in [0.1, 0.15) is 5.69 Å². The molecule has 5 nitrogen and oxygen atoms in total. The Labute approximate surface area is 118 Å². The van der Waals surface area contributed by atoms with Crippen molar-refractivity contribution in [2.75, 3.05) is 0 Å². The van der Waals surface area contributed by atoms with Gasteiger partial charge in [-0.1, -0.05) is 25.4 Å². The molecule has 0 aromatic heterocycles. The quantitative estimate of drug-likeness (QED) is 0.720. The fourth-order valence-corrected chi connectivity index (χ4v) is 2.26. The molecule has 0 fully saturated rings. The van der Waals surface area contributed by atoms with E-state index in [0.717, 1.165) is 5.69 Å². The van der Waals surface area contributed by atoms with Crippen LogP contribution in [0.3, 0.4) is 0 Å². The Bertz CT molecular complexity index is 547. The predicted molar refractivity (Wildman–Crippen MR) is 78.6 cm³/mol. The molecule has 2 rings (SSSR count). The lowest BCUT2D eigenvalue weighted by molar-refractivity contribution is -0.542. The number of hydrogen-bond acceptors (Lipinski definition) is 4. The molecule has 1 heterocycles. The summed E-state index contributed by atoms with van der Waals surface area (Å²) in [6.45, 7) is 6.17. The maximum absolute atomic E-state index is 6.09. The topological polar surface area (TPSA) is 79.4 Å². The minimum Gasteiger partial charge on any atom is -0.357 e. The Morgan fingerprint density at radius 3 is 2.37 bits per heavy atom. The molecule has 0 aliphatic carbocycles. The second kappa shape index (κ2) is 4.74. The average molecular weight is 281 g/mol. The number of nitrogens with one attached hydrogen (secondary N) is 1. The summed E-state index contributed by atoms with van der Waals surface area (Å²) in [4.78, 5) is 4.52. The van der Waals surface area contributed by atoms with E-state index in [1.165, 1.54) is 0 Å². The van der Waals surface area contributed by atoms with Crippen molar-refractivity contribution >= 4 is 29.2 Å². The van der Waals surface area contributed by atoms with E-state index < -0.39 is 5.66 Å². The first-order chi connectivity index (χ1) is 8.84. The van der Waals surface area contributed by atoms with Crippen LogP contribution in [-0.2, 0) is 0 Å². The minimum atomic E-state index is -0.534. The zero-order chi connectivity index (χ0) is 14.2. The van der Waals surface area contributed by atoms with Crippen LogP contribution in [0.2, 0.25) is 5.02 Å². The Kier molecular flexibility index (Phi) is 3.41. The van der Waals surface area contributed by atoms with Crippen LogP contribution in [0, 0.1) is 5.92 Å². The lowest BCUT2D eigenvalue weighted by Crippen LogP contribution is -2.58. The molecule has 1 atom stereocenters. The van der Waals surface area contributed by atoms with E-state index in [9.17, 15) is 0 Å². The maximum Gasteiger partial charge on any atom is 0.357 e. The standard InChI is InChI=1S/C13H18ClN5/c1-8(2)13(3)18-11(15)17-12(16)19(13)10-6-4-9(14)5-7-10/h4-8H,1-3H3,(H4,15,16,17,18)/p+1. The fourth-order valence-electron chi connectivity index (χ4n) is 2.13. The number of guanidine groups is 2. The molecular formula is C13H19ClN5+. The second-order valence-corrected chi connectivity index (χ2v) is 5.50. The highest BCUT2D eigenvalue weighted by atomic mass is 35.5. The number of rotatable bonds is 2. The monoisotopic (exact) mass is 280 g/mol. The van der Waals surface area contributed by atoms with Crippen LogP contribution in [0.1, 0.15) is 20.8 Å². The zero-order valence-corrected chi connectivity index (χ0v) is 12.1. The van der Waals surface area contributed by atoms with E-state index in [2.05, 4.69) is 24.2 Å². The molecule has 1 aromatic rings. The third-order valence-corrected chi connectivity index (χ3v) is 3.73. The molecule has 0 spiro atoms. The van der Waals surface area contributed by atoms with E-state index in [1.807, 2.05) is 35.8 Å². The predicted octanol–water partition coefficient (Wildman–Crippen LogP) is 1.59. The van der Waals surface area contributed by atoms with Crippen molar-refractivity contribution in [2.45, 2.75) is 26.4 Å². The molecule has 6 heteroatoms. The van der Waals surface area contributed by atoms with Gasteiger partial charge in [0, 0.05) is 10.9 Å². The minimum absolute atomic E-state index is 0.224. The molecule has 1 aromatic carbocycles. The second-order valence-electron chi connectivity index (χ2n) is 5.07. The Morgan fingerprint density at radius 2 is 1.84 bits per heavy atom. The number of benzene rings is 1. The van der Waals surface area contributed by atoms with Crippen LogP contribution in [0.25, 0.3) is 0 Å². The molecule has 1 aliphatic rings. The Hall–Kier alpha value is -1.75. The zero-order valence-electron chi connectivity index (χ0n) is 11.3. The number of halogens is 1. The van der Waals surface area contributed by atoms with Crippen LogP contribution >= 0.6 is 11.6 Å². The molecule has 0 saturated carbocycles. The lowest BCUT2D eigenvalue weighted by atomic mass is 9.96. The molecular weight excluding hydrogens is 262 g/mol. The fraction of sp³-hybridized carbons (Fsp3) is 0.385. The van der Waals surface area contributed by atoms with Crippen LogP contribution < -0.4 is 16.8 Å². The highest BCUT2D eigenvalue weighted by molar-refractivity contribution is 6.30. The highest BCUT2D eigenvalue weighted by Gasteiger charge is 2.41. The third kappa shape index (κ3) is 2.38. The maximum atomic E-state index is 6.09. The molecule has 0 saturated heterocycles. The summed E-state index contributed by atoms with van der Waals surface area (Å²) in [7, 11) is 0. The number of hydrogen-bond donors (Lipinski definition) is 3. The first-order valence-corrected chi connectivity index (χ1v) is 6.53. The molecule has 5 N–H and O–H groups in total. The van der Waals surface area contributed by atoms with E-state index in [0.29, 0.717) is 16.9 Å². The average Bonchev–Trinajstić information content (AvgIpc) is 2.30. The summed E-state index contributed by atoms with van der Waals surface area (Å²) in [6, 6.07) is 7.47. The van der Waals surface area contributed by atoms with Crippen LogP contribution in [0.15, 0.2) is 29.3 Å². The summed E-state index contributed by atoms with van der Waals surface area (Å²) in [5.41, 5.74) is 12.3. The van der Waals surface area contributed by atoms with E-state index >= 15 is 0 Å². The van der Waals surface area contributed by atoms with E-state index in [4.69, 9.17) is 23.1 Å². The lowest BCUT2D eigenvalue weighted by Gasteiger charge is -2.34. The van der Waals surface area contributed by atoms with Crippen molar-refractivity contribution in [3.05, 3.63) is 29.3 Å². The normalized spacial score (nSPS) is 23.3. The van der Waals surface area contributed by atoms with Crippen LogP contribution in [-0.4, -0.2) is 22.2 Å². The van der Waals surface area contributed by atoms with Gasteiger partial charge in [0.05, 0.1) is 0 Å². The highest BCUT2D eigenvalue weighted by Crippen LogP contribution is 2.31. The smallest absolute Gasteiger partial charge is 0.357 e. The summed E-state index contributed by atoms with van der Waals surface area (Å²) in [5, 5.41) is 3.55. The van der Waals surface area contributed by atoms with Gasteiger partial charge in [0.2, 0.25) is 0 Å². The third-order valence-electron chi connectivity index (χ3n) is 3.48. The number of nitrogens with two attached hydrogens (primary N) is 2. The van der Waals surface area contributed by atoms with Gasteiger partial charge in [0.15, 0.2) is 5.66 Å². The molecule has 19 heavy (non-hydrogen) atoms. The van der Waals surface area contributed by atoms with Gasteiger partial charge >= 0.3 is 5.96 Å². The SMILES string of the molecule is CC(C)C1(C)N=C(N)NC(N)=[N+]1c1ccc(Cl)cc1. The van der Waals surface area contributed by atoms with Crippen molar-refractivity contribution in [3.63, 3.8) is 0 Å². The summed E-state index contributed by atoms with van der Waals surface area (Å²) in [5.74, 6) is 1.02. The van der Waals surface area contributed by atoms with Gasteiger partial charge in [-0.3, -0.25) is 5.73 Å². The summed E-state index contributed by atoms with van der Waals surface area (Å²) >= 11 is 5.92. The molecule has 102 valence electrons. The van der Waals surface area contributed by atoms with E-state index in [-0.39, 0.29) is 5.92 Å². The first-order valence-electron chi connectivity index (χ1n) is 6.15. The van der Waals surface area contributed by atoms with Crippen molar-refractivity contribution in [1.82, 2.24) is 5.32 Å². The molecule has 0 amide bonds. The van der Waals surface area contributed by atoms with Gasteiger partial charge < -0.3 is 5.73 Å². The largest absolute Gasteiger partial charge is 0.357 e. The number of aliphatic imine (C=N–C) groups is 1. The van der Waals surface area contributed by atoms with Crippen molar-refractivity contribution in [2.24, 2.45) is 22.4 Å². The molecule has 0 bridgehead atoms. The van der Waals surface area contributed by atoms with Crippen molar-refractivity contribution < 1.29 is 4.58 Å². The first kappa shape index (κ1) is 13.7. The summed E-state index contributed by atoms with van der Waals surface area (Å²) in [6.07, 6.45) is 0. The summed E-state index contributed by atoms with van der Waals surface area (Å²) < 4.78 is 1.93. The van der Waals surface area contributed by atoms with Gasteiger partial charge in [0.25, 0.3) is 5.96 Å². The van der Waals surface area contributed by atoms with Gasteiger partial charge in [-0.15, -0.1) is 0 Å². The van der Waals surface area contributed by atoms with Gasteiger partial charge in [-0.25, -0.2) is 9.89 Å². The molecule has 0 radical (unpaired) electrons. The van der Waals surface area contributed by atoms with Crippen LogP contribution in [0.4, 0.5) is 5.69 Å². The van der Waals surface area contributed by atoms with Crippen molar-refractivity contribution in [1.29, 1.82) is 0 Å². The Balaban J connectivity index is 2.58. The molecule has 1 aliphatic heterocycles. The molecule has 1 unspecified atom stereocenters. The van der Waals surface area contributed by atoms with Crippen molar-refractivity contribution in [3.8, 4) is 0 Å². The van der Waals surface area contributed by atoms with Crippen LogP contribution in [0.5, 0.6) is 0 Å². The van der Waals surface area contributed by atoms with E-state index in [1.54, 1.807) is 0 Å².